The van der Waals surface area contributed by atoms with E-state index in [2.05, 4.69) is 60.4 Å². The summed E-state index contributed by atoms with van der Waals surface area (Å²) in [7, 11) is -7.71. The monoisotopic (exact) mass is 808 g/mol. The number of nitrogens with one attached hydrogen (secondary N) is 2. The second kappa shape index (κ2) is 16.5. The van der Waals surface area contributed by atoms with Crippen molar-refractivity contribution in [3.63, 3.8) is 0 Å². The molecule has 54 heavy (non-hydrogen) atoms. The minimum Gasteiger partial charge on any atom is -0.371 e. The molecular formula is C40H52N6O4S4. The number of benzene rings is 3. The summed E-state index contributed by atoms with van der Waals surface area (Å²) < 4.78 is 62.1. The number of hydrogen-bond donors (Lipinski definition) is 2. The minimum atomic E-state index is -3.86. The molecule has 5 aromatic rings. The van der Waals surface area contributed by atoms with Gasteiger partial charge in [-0.1, -0.05) is 78.4 Å². The van der Waals surface area contributed by atoms with Crippen molar-refractivity contribution in [2.24, 2.45) is 0 Å². The third kappa shape index (κ3) is 8.48. The van der Waals surface area contributed by atoms with E-state index in [1.807, 2.05) is 48.5 Å². The highest BCUT2D eigenvalue weighted by atomic mass is 32.3. The Balaban J connectivity index is 1.06. The van der Waals surface area contributed by atoms with Gasteiger partial charge in [-0.3, -0.25) is 0 Å². The van der Waals surface area contributed by atoms with Crippen molar-refractivity contribution in [1.29, 1.82) is 0 Å². The summed E-state index contributed by atoms with van der Waals surface area (Å²) in [6.07, 6.45) is 9.52. The van der Waals surface area contributed by atoms with Gasteiger partial charge in [-0.15, -0.1) is 22.7 Å². The van der Waals surface area contributed by atoms with E-state index in [1.165, 1.54) is 22.7 Å². The van der Waals surface area contributed by atoms with Crippen molar-refractivity contribution in [2.45, 2.75) is 125 Å². The zero-order valence-corrected chi connectivity index (χ0v) is 34.9. The lowest BCUT2D eigenvalue weighted by atomic mass is 9.96. The van der Waals surface area contributed by atoms with E-state index in [4.69, 9.17) is 0 Å². The quantitative estimate of drug-likeness (QED) is 0.106. The maximum Gasteiger partial charge on any atom is 0.272 e. The maximum absolute atomic E-state index is 14.2. The van der Waals surface area contributed by atoms with Crippen molar-refractivity contribution < 1.29 is 16.8 Å². The summed E-state index contributed by atoms with van der Waals surface area (Å²) in [5.41, 5.74) is 5.28. The maximum atomic E-state index is 14.2. The third-order valence-corrected chi connectivity index (χ3v) is 17.4. The molecule has 0 atom stereocenters. The third-order valence-electron chi connectivity index (χ3n) is 10.9. The van der Waals surface area contributed by atoms with E-state index in [9.17, 15) is 16.8 Å². The summed E-state index contributed by atoms with van der Waals surface area (Å²) in [6, 6.07) is 19.4. The van der Waals surface area contributed by atoms with Gasteiger partial charge in [-0.2, -0.15) is 8.61 Å². The van der Waals surface area contributed by atoms with Gasteiger partial charge in [-0.25, -0.2) is 26.8 Å². The Morgan fingerprint density at radius 2 is 0.963 bits per heavy atom. The lowest BCUT2D eigenvalue weighted by molar-refractivity contribution is 0.263. The predicted molar refractivity (Wildman–Crippen MR) is 223 cm³/mol. The summed E-state index contributed by atoms with van der Waals surface area (Å²) in [5.74, 6) is 0.681. The van der Waals surface area contributed by atoms with Gasteiger partial charge in [-0.05, 0) is 97.2 Å². The Kier molecular flexibility index (Phi) is 12.0. The second-order valence-electron chi connectivity index (χ2n) is 15.3. The van der Waals surface area contributed by atoms with Crippen molar-refractivity contribution in [1.82, 2.24) is 18.6 Å². The molecule has 2 N–H and O–H groups in total. The molecule has 0 unspecified atom stereocenters. The van der Waals surface area contributed by atoms with Gasteiger partial charge in [0.25, 0.3) is 20.0 Å². The molecule has 14 heteroatoms. The normalized spacial score (nSPS) is 16.7. The van der Waals surface area contributed by atoms with Gasteiger partial charge in [0.1, 0.15) is 0 Å². The van der Waals surface area contributed by atoms with Crippen molar-refractivity contribution in [3.05, 3.63) is 71.8 Å². The van der Waals surface area contributed by atoms with Crippen LogP contribution in [0.3, 0.4) is 0 Å². The number of sulfonamides is 2. The van der Waals surface area contributed by atoms with Crippen LogP contribution in [-0.4, -0.2) is 60.8 Å². The van der Waals surface area contributed by atoms with Crippen molar-refractivity contribution >= 4 is 74.5 Å². The number of fused-ring (bicyclic) bond motifs is 2. The molecule has 2 aliphatic rings. The topological polar surface area (TPSA) is 125 Å². The van der Waals surface area contributed by atoms with E-state index in [-0.39, 0.29) is 34.1 Å². The Morgan fingerprint density at radius 3 is 1.31 bits per heavy atom. The molecule has 0 bridgehead atoms. The fourth-order valence-corrected chi connectivity index (χ4v) is 13.5. The smallest absolute Gasteiger partial charge is 0.272 e. The number of nitrogens with zero attached hydrogens (tertiary/aromatic N) is 4. The number of hydrogen-bond acceptors (Lipinski definition) is 10. The van der Waals surface area contributed by atoms with E-state index < -0.39 is 20.0 Å². The van der Waals surface area contributed by atoms with E-state index in [0.717, 1.165) is 96.1 Å². The van der Waals surface area contributed by atoms with Crippen LogP contribution in [-0.2, 0) is 20.0 Å². The molecule has 290 valence electrons. The largest absolute Gasteiger partial charge is 0.371 e. The lowest BCUT2D eigenvalue weighted by Gasteiger charge is -2.33. The molecule has 10 nitrogen and oxygen atoms in total. The van der Waals surface area contributed by atoms with Gasteiger partial charge < -0.3 is 10.6 Å². The van der Waals surface area contributed by atoms with Gasteiger partial charge in [0, 0.05) is 23.5 Å². The first-order valence-electron chi connectivity index (χ1n) is 19.3. The fourth-order valence-electron chi connectivity index (χ4n) is 7.58. The Labute approximate surface area is 328 Å². The fraction of sp³-hybridized carbons (Fsp3) is 0.500. The summed E-state index contributed by atoms with van der Waals surface area (Å²) in [6.45, 7) is 8.76. The molecule has 2 heterocycles. The van der Waals surface area contributed by atoms with Gasteiger partial charge in [0.05, 0.1) is 33.8 Å². The average molecular weight is 809 g/mol. The summed E-state index contributed by atoms with van der Waals surface area (Å²) in [5, 5.41) is 6.74. The minimum absolute atomic E-state index is 0.101. The Bertz CT molecular complexity index is 2110. The van der Waals surface area contributed by atoms with Crippen LogP contribution in [0.15, 0.2) is 69.3 Å². The summed E-state index contributed by atoms with van der Waals surface area (Å²) in [4.78, 5) is 9.19. The molecule has 0 radical (unpaired) electrons. The second-order valence-corrected chi connectivity index (χ2v) is 21.5. The standard InChI is InChI=1S/C40H52N6O4S4/c1-27(2)29-15-21-35-37(23-29)51-39(43-35)53(47,48)45(33-11-7-5-8-12-33)25-41-31-17-19-32(20-18-31)42-26-46(34-13-9-6-10-14-34)54(49,50)40-44-36-22-16-30(28(3)4)24-38(36)52-40/h15-24,27-28,33-34,41-42H,5-14,25-26H2,1-4H3. The molecule has 3 aromatic carbocycles. The van der Waals surface area contributed by atoms with Crippen LogP contribution in [0.25, 0.3) is 20.4 Å². The highest BCUT2D eigenvalue weighted by Crippen LogP contribution is 2.35. The summed E-state index contributed by atoms with van der Waals surface area (Å²) >= 11 is 2.49. The molecule has 2 saturated carbocycles. The number of thiazole rings is 2. The van der Waals surface area contributed by atoms with Crippen molar-refractivity contribution in [3.8, 4) is 0 Å². The molecule has 0 saturated heterocycles. The van der Waals surface area contributed by atoms with Crippen LogP contribution >= 0.6 is 22.7 Å². The number of anilines is 2. The highest BCUT2D eigenvalue weighted by molar-refractivity contribution is 7.91. The van der Waals surface area contributed by atoms with Crippen LogP contribution in [0.1, 0.15) is 115 Å². The van der Waals surface area contributed by atoms with Crippen LogP contribution in [0.4, 0.5) is 11.4 Å². The molecule has 0 spiro atoms. The van der Waals surface area contributed by atoms with Gasteiger partial charge in [0.2, 0.25) is 8.68 Å². The van der Waals surface area contributed by atoms with E-state index in [1.54, 1.807) is 8.61 Å². The zero-order valence-electron chi connectivity index (χ0n) is 31.6. The first-order valence-corrected chi connectivity index (χ1v) is 23.8. The molecule has 0 amide bonds. The van der Waals surface area contributed by atoms with Crippen LogP contribution in [0, 0.1) is 0 Å². The first kappa shape index (κ1) is 39.1. The molecular weight excluding hydrogens is 757 g/mol. The van der Waals surface area contributed by atoms with Crippen LogP contribution < -0.4 is 10.6 Å². The van der Waals surface area contributed by atoms with E-state index in [0.29, 0.717) is 22.9 Å². The first-order chi connectivity index (χ1) is 25.9. The molecule has 2 fully saturated rings. The molecule has 7 rings (SSSR count). The van der Waals surface area contributed by atoms with Crippen LogP contribution in [0.2, 0.25) is 0 Å². The number of aromatic nitrogens is 2. The number of rotatable bonds is 14. The average Bonchev–Trinajstić information content (AvgIpc) is 3.81. The SMILES string of the molecule is CC(C)c1ccc2nc(S(=O)(=O)N(CNc3ccc(NCN(C4CCCCC4)S(=O)(=O)c4nc5ccc(C(C)C)cc5s4)cc3)C3CCCCC3)sc2c1. The van der Waals surface area contributed by atoms with E-state index >= 15 is 0 Å². The van der Waals surface area contributed by atoms with Crippen LogP contribution in [0.5, 0.6) is 0 Å². The highest BCUT2D eigenvalue weighted by Gasteiger charge is 2.36. The lowest BCUT2D eigenvalue weighted by Crippen LogP contribution is -2.44. The van der Waals surface area contributed by atoms with Crippen molar-refractivity contribution in [2.75, 3.05) is 24.0 Å². The van der Waals surface area contributed by atoms with Gasteiger partial charge in [0.15, 0.2) is 0 Å². The molecule has 2 aromatic heterocycles. The zero-order chi connectivity index (χ0) is 38.0. The molecule has 2 aliphatic carbocycles. The Hall–Kier alpha value is -3.14. The predicted octanol–water partition coefficient (Wildman–Crippen LogP) is 9.94. The Morgan fingerprint density at radius 1 is 0.593 bits per heavy atom. The van der Waals surface area contributed by atoms with Gasteiger partial charge >= 0.3 is 0 Å². The molecule has 0 aliphatic heterocycles.